The highest BCUT2D eigenvalue weighted by Crippen LogP contribution is 2.39. The number of carboxylic acid groups (broad SMARTS) is 1. The number of nitrogens with two attached hydrogens (primary N) is 1. The number of carboxylic acids is 1. The molecule has 4 N–H and O–H groups in total. The topological polar surface area (TPSA) is 171 Å². The number of hydrogen-bond donors (Lipinski definition) is 3. The van der Waals surface area contributed by atoms with Gasteiger partial charge >= 0.3 is 5.97 Å². The van der Waals surface area contributed by atoms with Crippen LogP contribution in [0.4, 0.5) is 8.78 Å². The van der Waals surface area contributed by atoms with E-state index in [0.29, 0.717) is 65.4 Å². The molecule has 0 amide bonds. The van der Waals surface area contributed by atoms with Crippen LogP contribution in [0.3, 0.4) is 0 Å². The molecule has 3 aromatic heterocycles. The molecular formula is C34H39F2N7O5. The number of rotatable bonds is 6. The molecule has 0 bridgehead atoms. The lowest BCUT2D eigenvalue weighted by Gasteiger charge is -2.23. The minimum absolute atomic E-state index is 0.167. The van der Waals surface area contributed by atoms with Gasteiger partial charge in [0.25, 0.3) is 0 Å². The van der Waals surface area contributed by atoms with Crippen LogP contribution in [0.5, 0.6) is 5.75 Å². The van der Waals surface area contributed by atoms with Crippen molar-refractivity contribution >= 4 is 17.9 Å². The third kappa shape index (κ3) is 8.25. The number of aliphatic hydroxyl groups is 1. The number of aryl methyl sites for hydroxylation is 2. The van der Waals surface area contributed by atoms with Crippen molar-refractivity contribution in [3.63, 3.8) is 0 Å². The van der Waals surface area contributed by atoms with E-state index >= 15 is 0 Å². The Morgan fingerprint density at radius 2 is 1.85 bits per heavy atom. The largest absolute Gasteiger partial charge is 0.490 e. The second-order valence-electron chi connectivity index (χ2n) is 12.2. The van der Waals surface area contributed by atoms with Crippen molar-refractivity contribution in [2.24, 2.45) is 12.8 Å². The molecule has 1 aliphatic heterocycles. The summed E-state index contributed by atoms with van der Waals surface area (Å²) in [7, 11) is 1.76. The Labute approximate surface area is 276 Å². The number of ether oxygens (including phenoxy) is 1. The standard InChI is InChI=1S/C20H18FN3O4.C10H11FN4.C4H10O/c1-10-13-4-3-5-28-20(13)16(21)7-14(10)19-15(8-18(26)27)11(2)22-17-6-12(9-25)23-24(17)19;1-15-10(13-6-14-15)9-4-8(11)3-2-7(9)5-12;1-4(2,3)5/h6-7,9H,3-5,8H2,1-2H3,(H,26,27);2-4,6H,5,12H2,1H3;5H,1-3H3. The van der Waals surface area contributed by atoms with Gasteiger partial charge in [0, 0.05) is 47.6 Å². The van der Waals surface area contributed by atoms with Gasteiger partial charge in [-0.05, 0) is 76.8 Å². The van der Waals surface area contributed by atoms with E-state index in [0.717, 1.165) is 23.1 Å². The predicted octanol–water partition coefficient (Wildman–Crippen LogP) is 4.77. The van der Waals surface area contributed by atoms with Crippen molar-refractivity contribution in [1.82, 2.24) is 29.4 Å². The highest BCUT2D eigenvalue weighted by atomic mass is 19.1. The van der Waals surface area contributed by atoms with Gasteiger partial charge in [0.05, 0.1) is 24.3 Å². The lowest BCUT2D eigenvalue weighted by molar-refractivity contribution is -0.136. The third-order valence-corrected chi connectivity index (χ3v) is 7.31. The van der Waals surface area contributed by atoms with Gasteiger partial charge in [-0.25, -0.2) is 27.9 Å². The predicted molar refractivity (Wildman–Crippen MR) is 175 cm³/mol. The fourth-order valence-electron chi connectivity index (χ4n) is 5.25. The smallest absolute Gasteiger partial charge is 0.307 e. The first kappa shape index (κ1) is 35.8. The first-order chi connectivity index (χ1) is 22.6. The number of halogens is 2. The molecule has 14 heteroatoms. The van der Waals surface area contributed by atoms with Gasteiger partial charge in [-0.15, -0.1) is 0 Å². The number of hydrogen-bond acceptors (Lipinski definition) is 9. The maximum Gasteiger partial charge on any atom is 0.307 e. The van der Waals surface area contributed by atoms with Crippen LogP contribution in [-0.2, 0) is 31.2 Å². The molecule has 254 valence electrons. The van der Waals surface area contributed by atoms with Gasteiger partial charge in [0.15, 0.2) is 29.3 Å². The molecule has 0 unspecified atom stereocenters. The van der Waals surface area contributed by atoms with Crippen molar-refractivity contribution in [1.29, 1.82) is 0 Å². The molecule has 0 saturated carbocycles. The molecule has 1 aliphatic rings. The van der Waals surface area contributed by atoms with E-state index in [2.05, 4.69) is 20.2 Å². The molecule has 0 spiro atoms. The molecule has 48 heavy (non-hydrogen) atoms. The second kappa shape index (κ2) is 14.8. The maximum absolute atomic E-state index is 14.8. The molecule has 0 fully saturated rings. The zero-order valence-electron chi connectivity index (χ0n) is 27.7. The molecule has 0 aliphatic carbocycles. The Kier molecular flexibility index (Phi) is 11.0. The fraction of sp³-hybridized carbons (Fsp3) is 0.353. The zero-order chi connectivity index (χ0) is 35.3. The van der Waals surface area contributed by atoms with Crippen molar-refractivity contribution in [3.8, 4) is 28.4 Å². The van der Waals surface area contributed by atoms with E-state index in [1.165, 1.54) is 35.1 Å². The Morgan fingerprint density at radius 3 is 2.46 bits per heavy atom. The minimum atomic E-state index is -1.03. The van der Waals surface area contributed by atoms with Crippen LogP contribution in [0.1, 0.15) is 65.6 Å². The average Bonchev–Trinajstić information content (AvgIpc) is 3.64. The van der Waals surface area contributed by atoms with Crippen molar-refractivity contribution in [2.45, 2.75) is 66.0 Å². The summed E-state index contributed by atoms with van der Waals surface area (Å²) in [5.74, 6) is -0.960. The molecule has 0 saturated heterocycles. The Hall–Kier alpha value is -5.08. The van der Waals surface area contributed by atoms with E-state index in [9.17, 15) is 23.5 Å². The van der Waals surface area contributed by atoms with Crippen molar-refractivity contribution in [2.75, 3.05) is 6.61 Å². The van der Waals surface area contributed by atoms with Crippen LogP contribution in [0.15, 0.2) is 36.7 Å². The summed E-state index contributed by atoms with van der Waals surface area (Å²) in [4.78, 5) is 31.1. The lowest BCUT2D eigenvalue weighted by Crippen LogP contribution is -2.14. The molecule has 0 radical (unpaired) electrons. The Morgan fingerprint density at radius 1 is 1.15 bits per heavy atom. The summed E-state index contributed by atoms with van der Waals surface area (Å²) < 4.78 is 36.4. The van der Waals surface area contributed by atoms with Gasteiger partial charge in [0.2, 0.25) is 0 Å². The zero-order valence-corrected chi connectivity index (χ0v) is 27.7. The number of aldehydes is 1. The Bertz CT molecular complexity index is 1960. The quantitative estimate of drug-likeness (QED) is 0.215. The third-order valence-electron chi connectivity index (χ3n) is 7.31. The number of fused-ring (bicyclic) bond motifs is 2. The number of aromatic nitrogens is 6. The molecule has 4 heterocycles. The number of aliphatic carboxylic acids is 1. The first-order valence-corrected chi connectivity index (χ1v) is 15.2. The van der Waals surface area contributed by atoms with Crippen molar-refractivity contribution < 1.29 is 33.3 Å². The number of benzene rings is 2. The van der Waals surface area contributed by atoms with E-state index in [-0.39, 0.29) is 23.7 Å². The SMILES string of the molecule is CC(C)(C)O.Cc1nc2cc(C=O)nn2c(-c2cc(F)c3c(c2C)CCCO3)c1CC(=O)O.Cn1ncnc1-c1cc(F)ccc1CN. The first-order valence-electron chi connectivity index (χ1n) is 15.2. The van der Waals surface area contributed by atoms with E-state index in [1.807, 2.05) is 6.92 Å². The van der Waals surface area contributed by atoms with Crippen LogP contribution in [0.25, 0.3) is 28.3 Å². The number of carbonyl (C=O) groups excluding carboxylic acids is 1. The normalized spacial score (nSPS) is 12.3. The van der Waals surface area contributed by atoms with Crippen LogP contribution >= 0.6 is 0 Å². The van der Waals surface area contributed by atoms with Gasteiger partial charge in [-0.2, -0.15) is 10.2 Å². The van der Waals surface area contributed by atoms with E-state index in [1.54, 1.807) is 45.5 Å². The summed E-state index contributed by atoms with van der Waals surface area (Å²) in [6.07, 6.45) is 3.18. The summed E-state index contributed by atoms with van der Waals surface area (Å²) in [5, 5.41) is 26.1. The maximum atomic E-state index is 14.8. The number of carbonyl (C=O) groups is 2. The fourth-order valence-corrected chi connectivity index (χ4v) is 5.25. The minimum Gasteiger partial charge on any atom is -0.490 e. The van der Waals surface area contributed by atoms with Crippen molar-refractivity contribution in [3.05, 3.63) is 81.9 Å². The van der Waals surface area contributed by atoms with Crippen LogP contribution < -0.4 is 10.5 Å². The molecule has 6 rings (SSSR count). The average molecular weight is 664 g/mol. The highest BCUT2D eigenvalue weighted by Gasteiger charge is 2.26. The van der Waals surface area contributed by atoms with Gasteiger partial charge in [-0.3, -0.25) is 9.59 Å². The molecule has 0 atom stereocenters. The summed E-state index contributed by atoms with van der Waals surface area (Å²) in [5.41, 5.74) is 10.6. The second-order valence-corrected chi connectivity index (χ2v) is 12.2. The van der Waals surface area contributed by atoms with Gasteiger partial charge in [-0.1, -0.05) is 6.07 Å². The summed E-state index contributed by atoms with van der Waals surface area (Å²) >= 11 is 0. The molecule has 5 aromatic rings. The Balaban J connectivity index is 0.000000217. The number of nitrogens with zero attached hydrogens (tertiary/aromatic N) is 6. The summed E-state index contributed by atoms with van der Waals surface area (Å²) in [6.45, 7) is 9.60. The van der Waals surface area contributed by atoms with E-state index in [4.69, 9.17) is 15.6 Å². The molecule has 12 nitrogen and oxygen atoms in total. The van der Waals surface area contributed by atoms with Crippen LogP contribution in [-0.4, -0.2) is 64.0 Å². The lowest BCUT2D eigenvalue weighted by atomic mass is 9.91. The van der Waals surface area contributed by atoms with E-state index < -0.39 is 17.4 Å². The monoisotopic (exact) mass is 663 g/mol. The van der Waals surface area contributed by atoms with Crippen LogP contribution in [0.2, 0.25) is 0 Å². The van der Waals surface area contributed by atoms with Gasteiger partial charge in [0.1, 0.15) is 17.8 Å². The molecule has 2 aromatic carbocycles. The van der Waals surface area contributed by atoms with Crippen LogP contribution in [0, 0.1) is 25.5 Å². The van der Waals surface area contributed by atoms with Gasteiger partial charge < -0.3 is 20.7 Å². The summed E-state index contributed by atoms with van der Waals surface area (Å²) in [6, 6.07) is 7.34. The molecular weight excluding hydrogens is 624 g/mol. The highest BCUT2D eigenvalue weighted by molar-refractivity contribution is 5.81.